The zero-order valence-corrected chi connectivity index (χ0v) is 19.3. The Labute approximate surface area is 175 Å². The maximum atomic E-state index is 13.1. The molecule has 2 heterocycles. The van der Waals surface area contributed by atoms with Crippen molar-refractivity contribution in [3.05, 3.63) is 20.8 Å². The molecular weight excluding hydrogens is 390 g/mol. The lowest BCUT2D eigenvalue weighted by atomic mass is 9.78. The highest BCUT2D eigenvalue weighted by Crippen LogP contribution is 2.31. The monoisotopic (exact) mass is 421 g/mol. The fourth-order valence-corrected chi connectivity index (χ4v) is 6.02. The van der Waals surface area contributed by atoms with Crippen molar-refractivity contribution in [3.63, 3.8) is 0 Å². The van der Waals surface area contributed by atoms with Crippen molar-refractivity contribution >= 4 is 39.2 Å². The fraction of sp³-hybridized carbons (Fsp3) is 0.667. The molecule has 3 rings (SSSR count). The summed E-state index contributed by atoms with van der Waals surface area (Å²) in [6.07, 6.45) is 3.47. The van der Waals surface area contributed by atoms with Crippen molar-refractivity contribution in [2.45, 2.75) is 78.0 Å². The first-order chi connectivity index (χ1) is 13.2. The lowest BCUT2D eigenvalue weighted by molar-refractivity contribution is -0.120. The Bertz CT molecular complexity index is 932. The number of rotatable bonds is 5. The maximum absolute atomic E-state index is 13.1. The molecule has 7 heteroatoms. The molecule has 0 unspecified atom stereocenters. The number of fused-ring (bicyclic) bond motifs is 1. The molecule has 0 spiro atoms. The van der Waals surface area contributed by atoms with Gasteiger partial charge in [-0.3, -0.25) is 14.2 Å². The standard InChI is InChI=1S/C21H31N3O2S2/c1-11(2)24-20(26)18-14(5)15(6)28-19(18)23-21(24)27-10-17(25)22-16-9-7-8-12(3)13(16)4/h11-13,16H,7-10H2,1-6H3,(H,22,25)/t12-,13-,16-/m0/s1. The van der Waals surface area contributed by atoms with Crippen LogP contribution in [0.4, 0.5) is 0 Å². The van der Waals surface area contributed by atoms with Gasteiger partial charge in [-0.1, -0.05) is 38.5 Å². The van der Waals surface area contributed by atoms with E-state index in [-0.39, 0.29) is 29.3 Å². The third-order valence-corrected chi connectivity index (χ3v) is 8.16. The predicted molar refractivity (Wildman–Crippen MR) is 119 cm³/mol. The second-order valence-corrected chi connectivity index (χ2v) is 10.5. The molecule has 0 radical (unpaired) electrons. The Morgan fingerprint density at radius 3 is 2.71 bits per heavy atom. The van der Waals surface area contributed by atoms with Gasteiger partial charge in [0, 0.05) is 17.0 Å². The number of hydrogen-bond acceptors (Lipinski definition) is 5. The Morgan fingerprint density at radius 2 is 2.04 bits per heavy atom. The predicted octanol–water partition coefficient (Wildman–Crippen LogP) is 4.69. The van der Waals surface area contributed by atoms with Crippen molar-refractivity contribution in [3.8, 4) is 0 Å². The number of carbonyl (C=O) groups excluding carboxylic acids is 1. The normalized spacial score (nSPS) is 22.8. The average Bonchev–Trinajstić information content (AvgIpc) is 2.91. The van der Waals surface area contributed by atoms with Gasteiger partial charge in [-0.15, -0.1) is 11.3 Å². The molecule has 2 aromatic rings. The lowest BCUT2D eigenvalue weighted by Gasteiger charge is -2.34. The van der Waals surface area contributed by atoms with E-state index in [4.69, 9.17) is 4.98 Å². The highest BCUT2D eigenvalue weighted by Gasteiger charge is 2.28. The molecule has 1 fully saturated rings. The molecule has 1 N–H and O–H groups in total. The molecule has 0 saturated heterocycles. The summed E-state index contributed by atoms with van der Waals surface area (Å²) in [5, 5.41) is 4.56. The van der Waals surface area contributed by atoms with Crippen LogP contribution in [0.1, 0.15) is 63.4 Å². The third kappa shape index (κ3) is 4.15. The zero-order valence-electron chi connectivity index (χ0n) is 17.7. The van der Waals surface area contributed by atoms with E-state index in [1.165, 1.54) is 24.6 Å². The van der Waals surface area contributed by atoms with Crippen LogP contribution >= 0.6 is 23.1 Å². The second-order valence-electron chi connectivity index (χ2n) is 8.36. The molecule has 3 atom stereocenters. The van der Waals surface area contributed by atoms with Crippen molar-refractivity contribution in [2.75, 3.05) is 5.75 Å². The van der Waals surface area contributed by atoms with Gasteiger partial charge in [0.1, 0.15) is 4.83 Å². The number of thiophene rings is 1. The van der Waals surface area contributed by atoms with Crippen LogP contribution in [0.3, 0.4) is 0 Å². The van der Waals surface area contributed by atoms with Crippen molar-refractivity contribution in [2.24, 2.45) is 11.8 Å². The van der Waals surface area contributed by atoms with Gasteiger partial charge in [-0.25, -0.2) is 4.98 Å². The van der Waals surface area contributed by atoms with Gasteiger partial charge < -0.3 is 5.32 Å². The fourth-order valence-electron chi connectivity index (χ4n) is 4.01. The number of amides is 1. The highest BCUT2D eigenvalue weighted by atomic mass is 32.2. The summed E-state index contributed by atoms with van der Waals surface area (Å²) in [5.74, 6) is 1.46. The molecule has 1 saturated carbocycles. The summed E-state index contributed by atoms with van der Waals surface area (Å²) in [7, 11) is 0. The lowest BCUT2D eigenvalue weighted by Crippen LogP contribution is -2.44. The topological polar surface area (TPSA) is 64.0 Å². The molecule has 5 nitrogen and oxygen atoms in total. The van der Waals surface area contributed by atoms with Crippen LogP contribution in [0.5, 0.6) is 0 Å². The molecule has 0 bridgehead atoms. The largest absolute Gasteiger partial charge is 0.352 e. The van der Waals surface area contributed by atoms with Crippen LogP contribution in [0.2, 0.25) is 0 Å². The summed E-state index contributed by atoms with van der Waals surface area (Å²) < 4.78 is 1.73. The van der Waals surface area contributed by atoms with E-state index in [1.807, 2.05) is 27.7 Å². The molecule has 2 aromatic heterocycles. The van der Waals surface area contributed by atoms with Crippen molar-refractivity contribution in [1.82, 2.24) is 14.9 Å². The first-order valence-corrected chi connectivity index (χ1v) is 11.9. The number of nitrogens with zero attached hydrogens (tertiary/aromatic N) is 2. The molecule has 0 aromatic carbocycles. The molecule has 1 aliphatic rings. The molecule has 154 valence electrons. The van der Waals surface area contributed by atoms with Crippen LogP contribution in [0, 0.1) is 25.7 Å². The Hall–Kier alpha value is -1.34. The van der Waals surface area contributed by atoms with Crippen molar-refractivity contribution in [1.29, 1.82) is 0 Å². The third-order valence-electron chi connectivity index (χ3n) is 6.10. The quantitative estimate of drug-likeness (QED) is 0.562. The van der Waals surface area contributed by atoms with Gasteiger partial charge in [0.25, 0.3) is 5.56 Å². The summed E-state index contributed by atoms with van der Waals surface area (Å²) >= 11 is 2.92. The SMILES string of the molecule is Cc1sc2nc(SCC(=O)N[C@H]3CCC[C@H](C)[C@@H]3C)n(C(C)C)c(=O)c2c1C. The zero-order chi connectivity index (χ0) is 20.6. The average molecular weight is 422 g/mol. The van der Waals surface area contributed by atoms with Gasteiger partial charge in [0.05, 0.1) is 11.1 Å². The second kappa shape index (κ2) is 8.57. The number of aromatic nitrogens is 2. The number of hydrogen-bond donors (Lipinski definition) is 1. The molecular formula is C21H31N3O2S2. The van der Waals surface area contributed by atoms with Crippen molar-refractivity contribution < 1.29 is 4.79 Å². The Balaban J connectivity index is 1.79. The molecule has 1 amide bonds. The van der Waals surface area contributed by atoms with Gasteiger partial charge in [-0.05, 0) is 51.5 Å². The van der Waals surface area contributed by atoms with Crippen LogP contribution in [0.25, 0.3) is 10.2 Å². The summed E-state index contributed by atoms with van der Waals surface area (Å²) in [4.78, 5) is 32.3. The molecule has 1 aliphatic carbocycles. The maximum Gasteiger partial charge on any atom is 0.263 e. The Kier molecular flexibility index (Phi) is 6.54. The van der Waals surface area contributed by atoms with Gasteiger partial charge in [-0.2, -0.15) is 0 Å². The number of nitrogens with one attached hydrogen (secondary N) is 1. The Morgan fingerprint density at radius 1 is 1.32 bits per heavy atom. The first-order valence-electron chi connectivity index (χ1n) is 10.1. The van der Waals surface area contributed by atoms with Crippen LogP contribution in [-0.4, -0.2) is 27.3 Å². The first kappa shape index (κ1) is 21.4. The van der Waals surface area contributed by atoms with E-state index in [2.05, 4.69) is 19.2 Å². The highest BCUT2D eigenvalue weighted by molar-refractivity contribution is 7.99. The van der Waals surface area contributed by atoms with E-state index in [0.717, 1.165) is 27.1 Å². The number of thioether (sulfide) groups is 1. The molecule has 28 heavy (non-hydrogen) atoms. The van der Waals surface area contributed by atoms with Gasteiger partial charge in [0.2, 0.25) is 5.91 Å². The summed E-state index contributed by atoms with van der Waals surface area (Å²) in [6.45, 7) is 12.5. The minimum atomic E-state index is -0.00576. The van der Waals surface area contributed by atoms with E-state index >= 15 is 0 Å². The number of carbonyl (C=O) groups is 1. The minimum Gasteiger partial charge on any atom is -0.352 e. The van der Waals surface area contributed by atoms with Crippen LogP contribution in [-0.2, 0) is 4.79 Å². The van der Waals surface area contributed by atoms with E-state index < -0.39 is 0 Å². The summed E-state index contributed by atoms with van der Waals surface area (Å²) in [5.41, 5.74) is 1.01. The van der Waals surface area contributed by atoms with E-state index in [9.17, 15) is 9.59 Å². The van der Waals surface area contributed by atoms with E-state index in [1.54, 1.807) is 15.9 Å². The number of aryl methyl sites for hydroxylation is 2. The van der Waals surface area contributed by atoms with Gasteiger partial charge >= 0.3 is 0 Å². The molecule has 0 aliphatic heterocycles. The van der Waals surface area contributed by atoms with Gasteiger partial charge in [0.15, 0.2) is 5.16 Å². The van der Waals surface area contributed by atoms with Crippen LogP contribution in [0.15, 0.2) is 9.95 Å². The smallest absolute Gasteiger partial charge is 0.263 e. The van der Waals surface area contributed by atoms with Crippen LogP contribution < -0.4 is 10.9 Å². The summed E-state index contributed by atoms with van der Waals surface area (Å²) in [6, 6.07) is 0.246. The van der Waals surface area contributed by atoms with E-state index in [0.29, 0.717) is 17.0 Å². The minimum absolute atomic E-state index is 0.000476.